The van der Waals surface area contributed by atoms with E-state index in [0.29, 0.717) is 17.5 Å². The molecule has 1 aromatic rings. The zero-order valence-corrected chi connectivity index (χ0v) is 12.4. The topological polar surface area (TPSA) is 46.2 Å². The van der Waals surface area contributed by atoms with Crippen LogP contribution in [0.5, 0.6) is 0 Å². The van der Waals surface area contributed by atoms with Crippen molar-refractivity contribution in [3.8, 4) is 0 Å². The molecule has 0 bridgehead atoms. The number of sulfone groups is 1. The molecule has 3 nitrogen and oxygen atoms in total. The summed E-state index contributed by atoms with van der Waals surface area (Å²) in [6, 6.07) is 7.31. The largest absolute Gasteiger partial charge is 0.317 e. The Labute approximate surface area is 114 Å². The van der Waals surface area contributed by atoms with E-state index in [9.17, 15) is 8.42 Å². The maximum absolute atomic E-state index is 11.9. The lowest BCUT2D eigenvalue weighted by Crippen LogP contribution is -2.22. The van der Waals surface area contributed by atoms with Crippen molar-refractivity contribution in [3.05, 3.63) is 34.9 Å². The van der Waals surface area contributed by atoms with Crippen molar-refractivity contribution < 1.29 is 8.42 Å². The standard InChI is InChI=1S/C13H20ClNO2S/c1-11(15-2)4-3-9-18(16,17)10-12-5-7-13(14)8-6-12/h5-8,11,15H,3-4,9-10H2,1-2H3. The normalized spacial score (nSPS) is 13.5. The molecule has 0 saturated heterocycles. The van der Waals surface area contributed by atoms with Crippen LogP contribution < -0.4 is 5.32 Å². The molecule has 1 aromatic carbocycles. The van der Waals surface area contributed by atoms with Crippen LogP contribution in [0.4, 0.5) is 0 Å². The molecule has 0 radical (unpaired) electrons. The van der Waals surface area contributed by atoms with Crippen LogP contribution in [-0.4, -0.2) is 27.3 Å². The van der Waals surface area contributed by atoms with Gasteiger partial charge in [0.15, 0.2) is 9.84 Å². The minimum absolute atomic E-state index is 0.0953. The summed E-state index contributed by atoms with van der Waals surface area (Å²) in [4.78, 5) is 0. The number of nitrogens with one attached hydrogen (secondary N) is 1. The minimum atomic E-state index is -3.02. The lowest BCUT2D eigenvalue weighted by molar-refractivity contribution is 0.548. The van der Waals surface area contributed by atoms with Crippen LogP contribution in [0.15, 0.2) is 24.3 Å². The fourth-order valence-electron chi connectivity index (χ4n) is 1.66. The smallest absolute Gasteiger partial charge is 0.154 e. The van der Waals surface area contributed by atoms with Crippen molar-refractivity contribution in [2.75, 3.05) is 12.8 Å². The van der Waals surface area contributed by atoms with Gasteiger partial charge in [0.2, 0.25) is 0 Å². The number of rotatable bonds is 7. The molecular formula is C13H20ClNO2S. The third kappa shape index (κ3) is 5.85. The van der Waals surface area contributed by atoms with E-state index in [1.54, 1.807) is 24.3 Å². The Morgan fingerprint density at radius 2 is 1.89 bits per heavy atom. The number of hydrogen-bond acceptors (Lipinski definition) is 3. The van der Waals surface area contributed by atoms with Gasteiger partial charge in [-0.15, -0.1) is 0 Å². The van der Waals surface area contributed by atoms with E-state index in [0.717, 1.165) is 12.0 Å². The quantitative estimate of drug-likeness (QED) is 0.839. The van der Waals surface area contributed by atoms with Gasteiger partial charge in [0.25, 0.3) is 0 Å². The molecule has 0 aliphatic rings. The molecule has 1 rings (SSSR count). The molecule has 1 unspecified atom stereocenters. The van der Waals surface area contributed by atoms with Gasteiger partial charge in [-0.1, -0.05) is 23.7 Å². The van der Waals surface area contributed by atoms with Gasteiger partial charge in [-0.05, 0) is 44.5 Å². The van der Waals surface area contributed by atoms with Crippen LogP contribution in [-0.2, 0) is 15.6 Å². The summed E-state index contributed by atoms with van der Waals surface area (Å²) in [7, 11) is -1.14. The van der Waals surface area contributed by atoms with Gasteiger partial charge < -0.3 is 5.32 Å². The van der Waals surface area contributed by atoms with Crippen LogP contribution in [0.1, 0.15) is 25.3 Å². The van der Waals surface area contributed by atoms with Crippen LogP contribution in [0.3, 0.4) is 0 Å². The molecule has 0 heterocycles. The van der Waals surface area contributed by atoms with Crippen molar-refractivity contribution in [2.45, 2.75) is 31.6 Å². The molecule has 102 valence electrons. The first-order valence-electron chi connectivity index (χ1n) is 6.05. The zero-order valence-electron chi connectivity index (χ0n) is 10.8. The number of halogens is 1. The first-order valence-corrected chi connectivity index (χ1v) is 8.25. The average Bonchev–Trinajstić information content (AvgIpc) is 2.31. The third-order valence-corrected chi connectivity index (χ3v) is 4.82. The molecular weight excluding hydrogens is 270 g/mol. The van der Waals surface area contributed by atoms with Gasteiger partial charge in [-0.25, -0.2) is 8.42 Å². The van der Waals surface area contributed by atoms with E-state index >= 15 is 0 Å². The summed E-state index contributed by atoms with van der Waals surface area (Å²) < 4.78 is 23.8. The molecule has 0 aromatic heterocycles. The van der Waals surface area contributed by atoms with Gasteiger partial charge in [-0.3, -0.25) is 0 Å². The van der Waals surface area contributed by atoms with Gasteiger partial charge in [0, 0.05) is 11.1 Å². The van der Waals surface area contributed by atoms with Gasteiger partial charge in [0.05, 0.1) is 11.5 Å². The fraction of sp³-hybridized carbons (Fsp3) is 0.538. The highest BCUT2D eigenvalue weighted by atomic mass is 35.5. The Balaban J connectivity index is 2.47. The van der Waals surface area contributed by atoms with Gasteiger partial charge >= 0.3 is 0 Å². The maximum atomic E-state index is 11.9. The molecule has 1 atom stereocenters. The summed E-state index contributed by atoms with van der Waals surface area (Å²) in [6.45, 7) is 2.05. The summed E-state index contributed by atoms with van der Waals surface area (Å²) in [5.41, 5.74) is 0.793. The molecule has 0 saturated carbocycles. The van der Waals surface area contributed by atoms with E-state index in [1.807, 2.05) is 14.0 Å². The summed E-state index contributed by atoms with van der Waals surface area (Å²) in [5.74, 6) is 0.333. The monoisotopic (exact) mass is 289 g/mol. The molecule has 0 fully saturated rings. The van der Waals surface area contributed by atoms with Crippen molar-refractivity contribution in [1.29, 1.82) is 0 Å². The predicted molar refractivity (Wildman–Crippen MR) is 76.7 cm³/mol. The van der Waals surface area contributed by atoms with Crippen LogP contribution in [0, 0.1) is 0 Å². The van der Waals surface area contributed by atoms with Crippen molar-refractivity contribution in [1.82, 2.24) is 5.32 Å². The lowest BCUT2D eigenvalue weighted by Gasteiger charge is -2.09. The van der Waals surface area contributed by atoms with E-state index in [4.69, 9.17) is 11.6 Å². The highest BCUT2D eigenvalue weighted by molar-refractivity contribution is 7.90. The molecule has 1 N–H and O–H groups in total. The Hall–Kier alpha value is -0.580. The Bertz CT molecular complexity index is 456. The maximum Gasteiger partial charge on any atom is 0.154 e. The van der Waals surface area contributed by atoms with E-state index in [-0.39, 0.29) is 11.5 Å². The fourth-order valence-corrected chi connectivity index (χ4v) is 3.24. The number of hydrogen-bond donors (Lipinski definition) is 1. The molecule has 18 heavy (non-hydrogen) atoms. The van der Waals surface area contributed by atoms with Crippen molar-refractivity contribution >= 4 is 21.4 Å². The summed E-state index contributed by atoms with van der Waals surface area (Å²) in [6.07, 6.45) is 1.56. The molecule has 0 amide bonds. The average molecular weight is 290 g/mol. The molecule has 5 heteroatoms. The van der Waals surface area contributed by atoms with Crippen molar-refractivity contribution in [2.24, 2.45) is 0 Å². The highest BCUT2D eigenvalue weighted by Crippen LogP contribution is 2.13. The predicted octanol–water partition coefficient (Wildman–Crippen LogP) is 2.64. The number of benzene rings is 1. The second-order valence-corrected chi connectivity index (χ2v) is 7.17. The minimum Gasteiger partial charge on any atom is -0.317 e. The van der Waals surface area contributed by atoms with E-state index in [2.05, 4.69) is 5.32 Å². The second kappa shape index (κ2) is 7.12. The van der Waals surface area contributed by atoms with Crippen molar-refractivity contribution in [3.63, 3.8) is 0 Å². The van der Waals surface area contributed by atoms with Gasteiger partial charge in [-0.2, -0.15) is 0 Å². The Kier molecular flexibility index (Phi) is 6.12. The zero-order chi connectivity index (χ0) is 13.6. The Morgan fingerprint density at radius 3 is 2.44 bits per heavy atom. The van der Waals surface area contributed by atoms with Crippen LogP contribution in [0.25, 0.3) is 0 Å². The third-order valence-electron chi connectivity index (χ3n) is 2.89. The first kappa shape index (κ1) is 15.5. The Morgan fingerprint density at radius 1 is 1.28 bits per heavy atom. The summed E-state index contributed by atoms with van der Waals surface area (Å²) >= 11 is 5.76. The SMILES string of the molecule is CNC(C)CCCS(=O)(=O)Cc1ccc(Cl)cc1. The van der Waals surface area contributed by atoms with Gasteiger partial charge in [0.1, 0.15) is 0 Å². The van der Waals surface area contributed by atoms with Crippen LogP contribution in [0.2, 0.25) is 5.02 Å². The first-order chi connectivity index (χ1) is 8.43. The lowest BCUT2D eigenvalue weighted by atomic mass is 10.2. The van der Waals surface area contributed by atoms with Crippen LogP contribution >= 0.6 is 11.6 Å². The molecule has 0 spiro atoms. The van der Waals surface area contributed by atoms with E-state index in [1.165, 1.54) is 0 Å². The molecule has 0 aliphatic heterocycles. The highest BCUT2D eigenvalue weighted by Gasteiger charge is 2.12. The van der Waals surface area contributed by atoms with E-state index < -0.39 is 9.84 Å². The summed E-state index contributed by atoms with van der Waals surface area (Å²) in [5, 5.41) is 3.72. The molecule has 0 aliphatic carbocycles. The second-order valence-electron chi connectivity index (χ2n) is 4.55.